The molecule has 0 aromatic heterocycles. The number of fused-ring (bicyclic) bond motifs is 2. The molecule has 0 bridgehead atoms. The molecule has 2 aliphatic carbocycles. The van der Waals surface area contributed by atoms with Crippen LogP contribution >= 0.6 is 0 Å². The van der Waals surface area contributed by atoms with E-state index in [0.29, 0.717) is 0 Å². The van der Waals surface area contributed by atoms with Crippen molar-refractivity contribution in [1.82, 2.24) is 0 Å². The van der Waals surface area contributed by atoms with E-state index in [9.17, 15) is 0 Å². The number of rotatable bonds is 9. The quantitative estimate of drug-likeness (QED) is 0.289. The summed E-state index contributed by atoms with van der Waals surface area (Å²) < 4.78 is 0. The predicted molar refractivity (Wildman–Crippen MR) is 132 cm³/mol. The molecule has 0 radical (unpaired) electrons. The number of hydrogen-bond donors (Lipinski definition) is 0. The van der Waals surface area contributed by atoms with E-state index in [1.807, 2.05) is 6.08 Å². The van der Waals surface area contributed by atoms with Crippen LogP contribution in [-0.2, 0) is 6.42 Å². The van der Waals surface area contributed by atoms with Gasteiger partial charge in [0.15, 0.2) is 0 Å². The fraction of sp³-hybridized carbons (Fsp3) is 0.600. The van der Waals surface area contributed by atoms with Crippen LogP contribution < -0.4 is 0 Å². The fourth-order valence-corrected chi connectivity index (χ4v) is 6.40. The highest BCUT2D eigenvalue weighted by molar-refractivity contribution is 5.84. The van der Waals surface area contributed by atoms with Crippen LogP contribution in [0.4, 0.5) is 0 Å². The monoisotopic (exact) mass is 402 g/mol. The SMILES string of the molecule is C=CCCc1ccc2cc(C3CCC4CC(CCCCCC)CCC4C3)ccc2c1. The summed E-state index contributed by atoms with van der Waals surface area (Å²) in [5.41, 5.74) is 3.03. The Bertz CT molecular complexity index is 816. The highest BCUT2D eigenvalue weighted by Crippen LogP contribution is 2.48. The maximum Gasteiger partial charge on any atom is -0.0159 e. The molecule has 0 saturated heterocycles. The molecule has 0 nitrogen and oxygen atoms in total. The first-order chi connectivity index (χ1) is 14.8. The van der Waals surface area contributed by atoms with Crippen molar-refractivity contribution in [3.8, 4) is 0 Å². The summed E-state index contributed by atoms with van der Waals surface area (Å²) in [7, 11) is 0. The number of unbranched alkanes of at least 4 members (excludes halogenated alkanes) is 3. The average Bonchev–Trinajstić information content (AvgIpc) is 2.79. The summed E-state index contributed by atoms with van der Waals surface area (Å²) in [5.74, 6) is 3.85. The first kappa shape index (κ1) is 21.7. The van der Waals surface area contributed by atoms with Crippen LogP contribution in [0.2, 0.25) is 0 Å². The molecular formula is C30H42. The van der Waals surface area contributed by atoms with Crippen molar-refractivity contribution in [3.05, 3.63) is 60.2 Å². The topological polar surface area (TPSA) is 0 Å². The Morgan fingerprint density at radius 3 is 2.53 bits per heavy atom. The molecule has 30 heavy (non-hydrogen) atoms. The minimum absolute atomic E-state index is 0.789. The maximum atomic E-state index is 3.85. The van der Waals surface area contributed by atoms with E-state index in [2.05, 4.69) is 49.9 Å². The smallest absolute Gasteiger partial charge is 0.0159 e. The van der Waals surface area contributed by atoms with Crippen LogP contribution in [-0.4, -0.2) is 0 Å². The number of aryl methyl sites for hydroxylation is 1. The second-order valence-corrected chi connectivity index (χ2v) is 10.3. The Hall–Kier alpha value is -1.56. The molecule has 4 rings (SSSR count). The van der Waals surface area contributed by atoms with E-state index in [1.165, 1.54) is 87.0 Å². The third-order valence-electron chi connectivity index (χ3n) is 8.22. The van der Waals surface area contributed by atoms with Gasteiger partial charge in [-0.3, -0.25) is 0 Å². The maximum absolute atomic E-state index is 3.85. The van der Waals surface area contributed by atoms with Gasteiger partial charge in [0.05, 0.1) is 0 Å². The van der Waals surface area contributed by atoms with Crippen LogP contribution in [0.1, 0.15) is 101 Å². The zero-order chi connectivity index (χ0) is 20.8. The molecule has 0 heteroatoms. The van der Waals surface area contributed by atoms with Gasteiger partial charge >= 0.3 is 0 Å². The van der Waals surface area contributed by atoms with Crippen molar-refractivity contribution in [3.63, 3.8) is 0 Å². The molecule has 4 atom stereocenters. The summed E-state index contributed by atoms with van der Waals surface area (Å²) in [6.07, 6.45) is 20.3. The third-order valence-corrected chi connectivity index (χ3v) is 8.22. The normalized spacial score (nSPS) is 26.4. The summed E-state index contributed by atoms with van der Waals surface area (Å²) in [6.45, 7) is 6.17. The van der Waals surface area contributed by atoms with Gasteiger partial charge in [-0.25, -0.2) is 0 Å². The molecule has 162 valence electrons. The third kappa shape index (κ3) is 5.37. The van der Waals surface area contributed by atoms with E-state index < -0.39 is 0 Å². The van der Waals surface area contributed by atoms with E-state index in [1.54, 1.807) is 5.56 Å². The highest BCUT2D eigenvalue weighted by Gasteiger charge is 2.35. The predicted octanol–water partition coefficient (Wildman–Crippen LogP) is 9.23. The van der Waals surface area contributed by atoms with Crippen molar-refractivity contribution < 1.29 is 0 Å². The van der Waals surface area contributed by atoms with Crippen LogP contribution in [0.15, 0.2) is 49.1 Å². The molecule has 0 aliphatic heterocycles. The molecule has 2 saturated carbocycles. The van der Waals surface area contributed by atoms with Gasteiger partial charge in [-0.2, -0.15) is 0 Å². The lowest BCUT2D eigenvalue weighted by atomic mass is 9.63. The van der Waals surface area contributed by atoms with Gasteiger partial charge < -0.3 is 0 Å². The van der Waals surface area contributed by atoms with E-state index in [-0.39, 0.29) is 0 Å². The number of benzene rings is 2. The minimum Gasteiger partial charge on any atom is -0.103 e. The highest BCUT2D eigenvalue weighted by atomic mass is 14.4. The molecule has 0 amide bonds. The first-order valence-electron chi connectivity index (χ1n) is 12.9. The molecule has 2 aromatic rings. The molecule has 2 aromatic carbocycles. The van der Waals surface area contributed by atoms with Gasteiger partial charge in [-0.15, -0.1) is 6.58 Å². The first-order valence-corrected chi connectivity index (χ1v) is 12.9. The minimum atomic E-state index is 0.789. The van der Waals surface area contributed by atoms with E-state index >= 15 is 0 Å². The summed E-state index contributed by atoms with van der Waals surface area (Å²) in [5, 5.41) is 2.82. The standard InChI is InChI=1S/C30H42/c1-3-5-7-8-10-24-12-14-28-22-30(18-16-26(28)20-24)29-17-15-25-19-23(9-6-4-2)11-13-27(25)21-29/h4,11,13,15,17,19,21,24,26,28,30H,2-3,5-10,12,14,16,18,20,22H2,1H3. The lowest BCUT2D eigenvalue weighted by Gasteiger charge is -2.42. The van der Waals surface area contributed by atoms with Crippen LogP contribution in [0.3, 0.4) is 0 Å². The molecule has 2 fully saturated rings. The van der Waals surface area contributed by atoms with Gasteiger partial charge in [0.2, 0.25) is 0 Å². The Morgan fingerprint density at radius 1 is 0.867 bits per heavy atom. The van der Waals surface area contributed by atoms with Gasteiger partial charge in [0.1, 0.15) is 0 Å². The molecule has 2 aliphatic rings. The Kier molecular flexibility index (Phi) is 7.69. The molecule has 0 spiro atoms. The van der Waals surface area contributed by atoms with Crippen molar-refractivity contribution in [2.45, 2.75) is 96.3 Å². The van der Waals surface area contributed by atoms with E-state index in [0.717, 1.165) is 36.5 Å². The second-order valence-electron chi connectivity index (χ2n) is 10.3. The van der Waals surface area contributed by atoms with Crippen molar-refractivity contribution in [1.29, 1.82) is 0 Å². The second kappa shape index (κ2) is 10.7. The Labute approximate surface area is 185 Å². The Morgan fingerprint density at radius 2 is 1.67 bits per heavy atom. The molecule has 4 unspecified atom stereocenters. The van der Waals surface area contributed by atoms with E-state index in [4.69, 9.17) is 0 Å². The van der Waals surface area contributed by atoms with Gasteiger partial charge in [-0.1, -0.05) is 87.9 Å². The summed E-state index contributed by atoms with van der Waals surface area (Å²) in [6, 6.07) is 14.3. The van der Waals surface area contributed by atoms with Crippen LogP contribution in [0.5, 0.6) is 0 Å². The van der Waals surface area contributed by atoms with Crippen LogP contribution in [0.25, 0.3) is 10.8 Å². The molecule has 0 N–H and O–H groups in total. The van der Waals surface area contributed by atoms with Crippen molar-refractivity contribution >= 4 is 10.8 Å². The van der Waals surface area contributed by atoms with Crippen molar-refractivity contribution in [2.75, 3.05) is 0 Å². The zero-order valence-corrected chi connectivity index (χ0v) is 19.3. The van der Waals surface area contributed by atoms with Gasteiger partial charge in [0.25, 0.3) is 0 Å². The lowest BCUT2D eigenvalue weighted by molar-refractivity contribution is 0.113. The molecular weight excluding hydrogens is 360 g/mol. The zero-order valence-electron chi connectivity index (χ0n) is 19.3. The summed E-state index contributed by atoms with van der Waals surface area (Å²) in [4.78, 5) is 0. The lowest BCUT2D eigenvalue weighted by Crippen LogP contribution is -2.30. The molecule has 0 heterocycles. The van der Waals surface area contributed by atoms with Gasteiger partial charge in [-0.05, 0) is 90.5 Å². The Balaban J connectivity index is 1.34. The average molecular weight is 403 g/mol. The van der Waals surface area contributed by atoms with Crippen LogP contribution in [0, 0.1) is 17.8 Å². The number of allylic oxidation sites excluding steroid dienone is 1. The largest absolute Gasteiger partial charge is 0.103 e. The fourth-order valence-electron chi connectivity index (χ4n) is 6.40. The van der Waals surface area contributed by atoms with Crippen molar-refractivity contribution in [2.24, 2.45) is 17.8 Å². The van der Waals surface area contributed by atoms with Gasteiger partial charge in [0, 0.05) is 0 Å². The summed E-state index contributed by atoms with van der Waals surface area (Å²) >= 11 is 0. The number of hydrogen-bond acceptors (Lipinski definition) is 0.